The Morgan fingerprint density at radius 1 is 1.22 bits per heavy atom. The minimum absolute atomic E-state index is 0.0656. The Balaban J connectivity index is 1.49. The minimum Gasteiger partial charge on any atom is -0.448 e. The number of nitrogens with one attached hydrogen (secondary N) is 1. The highest BCUT2D eigenvalue weighted by Crippen LogP contribution is 2.40. The van der Waals surface area contributed by atoms with Crippen LogP contribution in [0.3, 0.4) is 0 Å². The summed E-state index contributed by atoms with van der Waals surface area (Å²) in [5, 5.41) is 3.68. The van der Waals surface area contributed by atoms with E-state index in [9.17, 15) is 9.18 Å². The fourth-order valence-corrected chi connectivity index (χ4v) is 4.47. The van der Waals surface area contributed by atoms with Crippen LogP contribution in [-0.4, -0.2) is 20.9 Å². The van der Waals surface area contributed by atoms with Gasteiger partial charge < -0.3 is 9.73 Å². The number of furan rings is 1. The van der Waals surface area contributed by atoms with Crippen LogP contribution in [0.15, 0.2) is 53.3 Å². The van der Waals surface area contributed by atoms with Crippen molar-refractivity contribution < 1.29 is 13.6 Å². The van der Waals surface area contributed by atoms with Gasteiger partial charge in [0.25, 0.3) is 5.91 Å². The van der Waals surface area contributed by atoms with Gasteiger partial charge in [0.1, 0.15) is 0 Å². The maximum absolute atomic E-state index is 14.1. The lowest BCUT2D eigenvalue weighted by Crippen LogP contribution is -2.37. The Morgan fingerprint density at radius 2 is 2.00 bits per heavy atom. The second-order valence-electron chi connectivity index (χ2n) is 9.08. The van der Waals surface area contributed by atoms with Crippen LogP contribution in [0.5, 0.6) is 0 Å². The molecule has 6 nitrogen and oxygen atoms in total. The number of pyridine rings is 1. The van der Waals surface area contributed by atoms with E-state index in [0.29, 0.717) is 16.8 Å². The largest absolute Gasteiger partial charge is 0.448 e. The van der Waals surface area contributed by atoms with Gasteiger partial charge in [-0.25, -0.2) is 14.4 Å². The summed E-state index contributed by atoms with van der Waals surface area (Å²) in [5.74, 6) is -0.0855. The van der Waals surface area contributed by atoms with Crippen LogP contribution < -0.4 is 5.32 Å². The summed E-state index contributed by atoms with van der Waals surface area (Å²) in [5.41, 5.74) is 3.37. The van der Waals surface area contributed by atoms with E-state index in [1.165, 1.54) is 6.07 Å². The molecule has 0 radical (unpaired) electrons. The molecule has 1 aliphatic rings. The monoisotopic (exact) mass is 430 g/mol. The quantitative estimate of drug-likeness (QED) is 0.485. The van der Waals surface area contributed by atoms with Gasteiger partial charge in [-0.3, -0.25) is 9.78 Å². The summed E-state index contributed by atoms with van der Waals surface area (Å²) in [4.78, 5) is 26.5. The van der Waals surface area contributed by atoms with Crippen molar-refractivity contribution in [3.63, 3.8) is 0 Å². The number of halogens is 1. The molecule has 3 aromatic heterocycles. The number of carbonyl (C=O) groups excluding carboxylic acids is 1. The van der Waals surface area contributed by atoms with Crippen molar-refractivity contribution >= 4 is 16.9 Å². The molecule has 5 rings (SSSR count). The molecule has 7 heteroatoms. The molecule has 1 N–H and O–H groups in total. The van der Waals surface area contributed by atoms with Crippen LogP contribution in [0, 0.1) is 18.2 Å². The number of hydrogen-bond acceptors (Lipinski definition) is 5. The molecule has 1 aliphatic carbocycles. The number of aromatic nitrogens is 3. The Hall–Kier alpha value is -3.61. The van der Waals surface area contributed by atoms with E-state index in [4.69, 9.17) is 9.40 Å². The number of nitrogens with zero attached hydrogens (tertiary/aromatic N) is 3. The van der Waals surface area contributed by atoms with Gasteiger partial charge in [0.05, 0.1) is 11.7 Å². The summed E-state index contributed by atoms with van der Waals surface area (Å²) in [6.45, 7) is 6.08. The van der Waals surface area contributed by atoms with Crippen molar-refractivity contribution in [1.29, 1.82) is 0 Å². The predicted molar refractivity (Wildman–Crippen MR) is 118 cm³/mol. The zero-order chi connectivity index (χ0) is 22.5. The van der Waals surface area contributed by atoms with Gasteiger partial charge in [0, 0.05) is 40.7 Å². The number of amides is 1. The third-order valence-corrected chi connectivity index (χ3v) is 6.04. The van der Waals surface area contributed by atoms with Gasteiger partial charge in [0.2, 0.25) is 0 Å². The van der Waals surface area contributed by atoms with Crippen molar-refractivity contribution in [2.75, 3.05) is 0 Å². The Bertz CT molecular complexity index is 1330. The fourth-order valence-electron chi connectivity index (χ4n) is 4.47. The van der Waals surface area contributed by atoms with Crippen LogP contribution in [0.4, 0.5) is 4.39 Å². The van der Waals surface area contributed by atoms with E-state index in [1.54, 1.807) is 37.6 Å². The molecule has 0 fully saturated rings. The van der Waals surface area contributed by atoms with E-state index in [0.717, 1.165) is 29.7 Å². The maximum Gasteiger partial charge on any atom is 0.287 e. The molecule has 32 heavy (non-hydrogen) atoms. The molecular weight excluding hydrogens is 407 g/mol. The van der Waals surface area contributed by atoms with Crippen LogP contribution in [0.25, 0.3) is 22.4 Å². The molecule has 1 atom stereocenters. The first-order chi connectivity index (χ1) is 15.3. The van der Waals surface area contributed by atoms with Crippen molar-refractivity contribution in [2.45, 2.75) is 39.7 Å². The first-order valence-corrected chi connectivity index (χ1v) is 10.6. The van der Waals surface area contributed by atoms with Gasteiger partial charge >= 0.3 is 0 Å². The van der Waals surface area contributed by atoms with Crippen molar-refractivity contribution in [3.05, 3.63) is 77.3 Å². The molecular formula is C25H23FN4O2. The summed E-state index contributed by atoms with van der Waals surface area (Å²) < 4.78 is 19.8. The lowest BCUT2D eigenvalue weighted by Gasteiger charge is -2.36. The first kappa shape index (κ1) is 20.3. The molecule has 1 aromatic carbocycles. The van der Waals surface area contributed by atoms with Crippen molar-refractivity contribution in [1.82, 2.24) is 20.3 Å². The summed E-state index contributed by atoms with van der Waals surface area (Å²) in [6.07, 6.45) is 6.73. The molecule has 0 bridgehead atoms. The third kappa shape index (κ3) is 3.53. The molecule has 4 aromatic rings. The summed E-state index contributed by atoms with van der Waals surface area (Å²) >= 11 is 0. The Morgan fingerprint density at radius 3 is 2.75 bits per heavy atom. The third-order valence-electron chi connectivity index (χ3n) is 6.04. The van der Waals surface area contributed by atoms with Crippen molar-refractivity contribution in [3.8, 4) is 11.4 Å². The van der Waals surface area contributed by atoms with E-state index in [1.807, 2.05) is 12.1 Å². The Kier molecular flexibility index (Phi) is 4.77. The number of rotatable bonds is 3. The number of para-hydroxylation sites is 1. The lowest BCUT2D eigenvalue weighted by atomic mass is 9.74. The highest BCUT2D eigenvalue weighted by atomic mass is 19.1. The standard InChI is InChI=1S/C25H23FN4O2/c1-14-16-5-4-6-18(26)22(16)32-21(14)24(31)30-20-12-25(2,3)11-19-17(20)13-28-23(29-19)15-7-9-27-10-8-15/h4-10,13,20H,11-12H2,1-3H3,(H,30,31)/t20-/m0/s1. The molecule has 3 heterocycles. The predicted octanol–water partition coefficient (Wildman–Crippen LogP) is 5.18. The second kappa shape index (κ2) is 7.51. The van der Waals surface area contributed by atoms with Crippen LogP contribution >= 0.6 is 0 Å². The van der Waals surface area contributed by atoms with E-state index >= 15 is 0 Å². The van der Waals surface area contributed by atoms with Crippen LogP contribution in [0.1, 0.15) is 53.7 Å². The minimum atomic E-state index is -0.481. The number of benzene rings is 1. The second-order valence-corrected chi connectivity index (χ2v) is 9.08. The molecule has 0 unspecified atom stereocenters. The van der Waals surface area contributed by atoms with Crippen LogP contribution in [-0.2, 0) is 6.42 Å². The van der Waals surface area contributed by atoms with Gasteiger partial charge in [-0.15, -0.1) is 0 Å². The molecule has 0 saturated carbocycles. The SMILES string of the molecule is Cc1c(C(=O)N[C@H]2CC(C)(C)Cc3nc(-c4ccncc4)ncc32)oc2c(F)cccc12. The zero-order valence-electron chi connectivity index (χ0n) is 18.1. The van der Waals surface area contributed by atoms with Gasteiger partial charge in [-0.2, -0.15) is 0 Å². The number of aryl methyl sites for hydroxylation is 1. The maximum atomic E-state index is 14.1. The van der Waals surface area contributed by atoms with Gasteiger partial charge in [0.15, 0.2) is 23.0 Å². The lowest BCUT2D eigenvalue weighted by molar-refractivity contribution is 0.0892. The highest BCUT2D eigenvalue weighted by Gasteiger charge is 2.35. The number of fused-ring (bicyclic) bond motifs is 2. The highest BCUT2D eigenvalue weighted by molar-refractivity contribution is 5.99. The normalized spacial score (nSPS) is 17.2. The smallest absolute Gasteiger partial charge is 0.287 e. The van der Waals surface area contributed by atoms with Crippen LogP contribution in [0.2, 0.25) is 0 Å². The molecule has 0 aliphatic heterocycles. The first-order valence-electron chi connectivity index (χ1n) is 10.6. The summed E-state index contributed by atoms with van der Waals surface area (Å²) in [7, 11) is 0. The fraction of sp³-hybridized carbons (Fsp3) is 0.280. The van der Waals surface area contributed by atoms with Crippen molar-refractivity contribution in [2.24, 2.45) is 5.41 Å². The number of hydrogen-bond donors (Lipinski definition) is 1. The average molecular weight is 430 g/mol. The molecule has 0 saturated heterocycles. The topological polar surface area (TPSA) is 80.9 Å². The average Bonchev–Trinajstić information content (AvgIpc) is 3.11. The molecule has 0 spiro atoms. The van der Waals surface area contributed by atoms with E-state index in [2.05, 4.69) is 29.1 Å². The van der Waals surface area contributed by atoms with E-state index < -0.39 is 5.82 Å². The summed E-state index contributed by atoms with van der Waals surface area (Å²) in [6, 6.07) is 8.16. The van der Waals surface area contributed by atoms with E-state index in [-0.39, 0.29) is 28.7 Å². The Labute approximate surface area is 184 Å². The van der Waals surface area contributed by atoms with Gasteiger partial charge in [-0.1, -0.05) is 26.0 Å². The molecule has 1 amide bonds. The molecule has 162 valence electrons. The van der Waals surface area contributed by atoms with Gasteiger partial charge in [-0.05, 0) is 43.4 Å². The number of carbonyl (C=O) groups is 1. The zero-order valence-corrected chi connectivity index (χ0v) is 18.1.